The van der Waals surface area contributed by atoms with Crippen LogP contribution in [-0.2, 0) is 0 Å². The van der Waals surface area contributed by atoms with Crippen molar-refractivity contribution in [2.45, 2.75) is 19.4 Å². The summed E-state index contributed by atoms with van der Waals surface area (Å²) in [5.74, 6) is 1.19. The summed E-state index contributed by atoms with van der Waals surface area (Å²) >= 11 is 1.87. The average Bonchev–Trinajstić information content (AvgIpc) is 1.79. The van der Waals surface area contributed by atoms with E-state index in [0.717, 1.165) is 13.1 Å². The molecule has 0 atom stereocenters. The molecule has 0 bridgehead atoms. The second-order valence-electron chi connectivity index (χ2n) is 3.72. The number of nitrogens with two attached hydrogens (primary N) is 1. The Hall–Kier alpha value is 0.270. The molecule has 0 aliphatic carbocycles. The van der Waals surface area contributed by atoms with Gasteiger partial charge in [-0.1, -0.05) is 0 Å². The van der Waals surface area contributed by atoms with E-state index >= 15 is 0 Å². The third-order valence-electron chi connectivity index (χ3n) is 1.35. The molecule has 0 aromatic heterocycles. The van der Waals surface area contributed by atoms with E-state index in [0.29, 0.717) is 0 Å². The molecule has 0 aliphatic heterocycles. The summed E-state index contributed by atoms with van der Waals surface area (Å²) in [6, 6.07) is 0. The molecule has 0 rings (SSSR count). The van der Waals surface area contributed by atoms with E-state index in [4.69, 9.17) is 5.73 Å². The highest BCUT2D eigenvalue weighted by atomic mass is 32.2. The fourth-order valence-electron chi connectivity index (χ4n) is 1.02. The number of rotatable bonds is 5. The van der Waals surface area contributed by atoms with Crippen molar-refractivity contribution in [1.29, 1.82) is 0 Å². The Bertz CT molecular complexity index is 98.8. The first kappa shape index (κ1) is 11.3. The first-order valence-corrected chi connectivity index (χ1v) is 5.31. The minimum atomic E-state index is -0.0623. The third-order valence-corrected chi connectivity index (χ3v) is 1.95. The van der Waals surface area contributed by atoms with Crippen molar-refractivity contribution in [3.8, 4) is 0 Å². The van der Waals surface area contributed by atoms with Gasteiger partial charge in [0.05, 0.1) is 0 Å². The van der Waals surface area contributed by atoms with Gasteiger partial charge in [-0.15, -0.1) is 0 Å². The van der Waals surface area contributed by atoms with Gasteiger partial charge in [-0.05, 0) is 27.2 Å². The molecule has 0 radical (unpaired) electrons. The van der Waals surface area contributed by atoms with Crippen LogP contribution in [0, 0.1) is 0 Å². The number of nitrogens with zero attached hydrogens (tertiary/aromatic N) is 1. The van der Waals surface area contributed by atoms with Gasteiger partial charge in [0.15, 0.2) is 0 Å². The largest absolute Gasteiger partial charge is 0.324 e. The van der Waals surface area contributed by atoms with Crippen LogP contribution in [-0.4, -0.2) is 42.6 Å². The van der Waals surface area contributed by atoms with E-state index in [1.165, 1.54) is 5.75 Å². The van der Waals surface area contributed by atoms with Crippen molar-refractivity contribution in [3.05, 3.63) is 0 Å². The number of hydrogen-bond acceptors (Lipinski definition) is 3. The van der Waals surface area contributed by atoms with E-state index in [1.54, 1.807) is 0 Å². The van der Waals surface area contributed by atoms with Crippen LogP contribution in [0.1, 0.15) is 13.8 Å². The SMILES string of the molecule is CSCCN(C)CC(C)(C)N. The van der Waals surface area contributed by atoms with E-state index < -0.39 is 0 Å². The molecule has 0 heterocycles. The average molecular weight is 176 g/mol. The highest BCUT2D eigenvalue weighted by molar-refractivity contribution is 7.98. The Balaban J connectivity index is 3.44. The Kier molecular flexibility index (Phi) is 5.13. The summed E-state index contributed by atoms with van der Waals surface area (Å²) in [5, 5.41) is 0. The maximum absolute atomic E-state index is 5.86. The third kappa shape index (κ3) is 8.17. The standard InChI is InChI=1S/C8H20N2S/c1-8(2,9)7-10(3)5-6-11-4/h5-7,9H2,1-4H3. The fourth-order valence-corrected chi connectivity index (χ4v) is 1.52. The first-order valence-electron chi connectivity index (χ1n) is 3.92. The van der Waals surface area contributed by atoms with E-state index in [1.807, 2.05) is 11.8 Å². The van der Waals surface area contributed by atoms with Crippen LogP contribution in [0.25, 0.3) is 0 Å². The van der Waals surface area contributed by atoms with Gasteiger partial charge in [-0.3, -0.25) is 0 Å². The van der Waals surface area contributed by atoms with Crippen LogP contribution < -0.4 is 5.73 Å². The molecule has 0 aliphatic rings. The molecule has 0 spiro atoms. The lowest BCUT2D eigenvalue weighted by atomic mass is 10.1. The van der Waals surface area contributed by atoms with Gasteiger partial charge < -0.3 is 10.6 Å². The van der Waals surface area contributed by atoms with Gasteiger partial charge in [0.1, 0.15) is 0 Å². The summed E-state index contributed by atoms with van der Waals surface area (Å²) in [5.41, 5.74) is 5.80. The molecule has 0 amide bonds. The lowest BCUT2D eigenvalue weighted by Gasteiger charge is -2.26. The quantitative estimate of drug-likeness (QED) is 0.678. The minimum absolute atomic E-state index is 0.0623. The molecular weight excluding hydrogens is 156 g/mol. The normalized spacial score (nSPS) is 12.5. The molecule has 2 nitrogen and oxygen atoms in total. The Morgan fingerprint density at radius 3 is 2.36 bits per heavy atom. The van der Waals surface area contributed by atoms with Crippen LogP contribution in [0.4, 0.5) is 0 Å². The summed E-state index contributed by atoms with van der Waals surface area (Å²) in [6.07, 6.45) is 2.13. The van der Waals surface area contributed by atoms with Crippen molar-refractivity contribution in [2.75, 3.05) is 32.1 Å². The van der Waals surface area contributed by atoms with Gasteiger partial charge in [0.2, 0.25) is 0 Å². The maximum Gasteiger partial charge on any atom is 0.0225 e. The van der Waals surface area contributed by atoms with Crippen molar-refractivity contribution < 1.29 is 0 Å². The molecule has 0 fully saturated rings. The highest BCUT2D eigenvalue weighted by Gasteiger charge is 2.12. The zero-order valence-corrected chi connectivity index (χ0v) is 8.87. The molecule has 2 N–H and O–H groups in total. The van der Waals surface area contributed by atoms with E-state index in [9.17, 15) is 0 Å². The van der Waals surface area contributed by atoms with Gasteiger partial charge in [-0.25, -0.2) is 0 Å². The molecule has 0 unspecified atom stereocenters. The molecular formula is C8H20N2S. The second kappa shape index (κ2) is 5.01. The topological polar surface area (TPSA) is 29.3 Å². The Labute approximate surface area is 74.5 Å². The predicted molar refractivity (Wildman–Crippen MR) is 54.1 cm³/mol. The van der Waals surface area contributed by atoms with Gasteiger partial charge in [-0.2, -0.15) is 11.8 Å². The van der Waals surface area contributed by atoms with E-state index in [-0.39, 0.29) is 5.54 Å². The van der Waals surface area contributed by atoms with Crippen molar-refractivity contribution in [1.82, 2.24) is 4.90 Å². The zero-order chi connectivity index (χ0) is 8.91. The minimum Gasteiger partial charge on any atom is -0.324 e. The summed E-state index contributed by atoms with van der Waals surface area (Å²) in [7, 11) is 2.12. The second-order valence-corrected chi connectivity index (χ2v) is 4.70. The fraction of sp³-hybridized carbons (Fsp3) is 1.00. The summed E-state index contributed by atoms with van der Waals surface area (Å²) in [6.45, 7) is 6.21. The Morgan fingerprint density at radius 1 is 1.45 bits per heavy atom. The van der Waals surface area contributed by atoms with Gasteiger partial charge >= 0.3 is 0 Å². The van der Waals surface area contributed by atoms with Crippen LogP contribution in [0.5, 0.6) is 0 Å². The lowest BCUT2D eigenvalue weighted by molar-refractivity contribution is 0.284. The molecule has 68 valence electrons. The number of likely N-dealkylation sites (N-methyl/N-ethyl adjacent to an activating group) is 1. The van der Waals surface area contributed by atoms with Crippen molar-refractivity contribution in [2.24, 2.45) is 5.73 Å². The van der Waals surface area contributed by atoms with Gasteiger partial charge in [0.25, 0.3) is 0 Å². The first-order chi connectivity index (χ1) is 4.95. The molecule has 11 heavy (non-hydrogen) atoms. The van der Waals surface area contributed by atoms with Crippen LogP contribution in [0.15, 0.2) is 0 Å². The highest BCUT2D eigenvalue weighted by Crippen LogP contribution is 2.00. The summed E-state index contributed by atoms with van der Waals surface area (Å²) in [4.78, 5) is 2.27. The van der Waals surface area contributed by atoms with Gasteiger partial charge in [0, 0.05) is 24.4 Å². The van der Waals surface area contributed by atoms with Crippen molar-refractivity contribution in [3.63, 3.8) is 0 Å². The number of hydrogen-bond donors (Lipinski definition) is 1. The van der Waals surface area contributed by atoms with Crippen LogP contribution in [0.3, 0.4) is 0 Å². The van der Waals surface area contributed by atoms with Crippen LogP contribution >= 0.6 is 11.8 Å². The molecule has 0 aromatic rings. The Morgan fingerprint density at radius 2 is 2.00 bits per heavy atom. The lowest BCUT2D eigenvalue weighted by Crippen LogP contribution is -2.44. The molecule has 3 heteroatoms. The predicted octanol–water partition coefficient (Wildman–Crippen LogP) is 1.02. The maximum atomic E-state index is 5.86. The molecule has 0 saturated carbocycles. The van der Waals surface area contributed by atoms with E-state index in [2.05, 4.69) is 32.1 Å². The van der Waals surface area contributed by atoms with Crippen molar-refractivity contribution >= 4 is 11.8 Å². The van der Waals surface area contributed by atoms with Crippen LogP contribution in [0.2, 0.25) is 0 Å². The summed E-state index contributed by atoms with van der Waals surface area (Å²) < 4.78 is 0. The molecule has 0 aromatic carbocycles. The smallest absolute Gasteiger partial charge is 0.0225 e. The monoisotopic (exact) mass is 176 g/mol. The zero-order valence-electron chi connectivity index (χ0n) is 8.05. The number of thioether (sulfide) groups is 1. The molecule has 0 saturated heterocycles.